The number of halogens is 5. The average molecular weight is 474 g/mol. The summed E-state index contributed by atoms with van der Waals surface area (Å²) in [6.45, 7) is 2.27. The first-order valence-corrected chi connectivity index (χ1v) is 10.5. The Hall–Kier alpha value is -2.66. The van der Waals surface area contributed by atoms with Gasteiger partial charge in [0.15, 0.2) is 5.82 Å². The van der Waals surface area contributed by atoms with Gasteiger partial charge in [0, 0.05) is 36.7 Å². The van der Waals surface area contributed by atoms with Crippen molar-refractivity contribution in [3.8, 4) is 0 Å². The van der Waals surface area contributed by atoms with Crippen molar-refractivity contribution in [1.29, 1.82) is 0 Å². The summed E-state index contributed by atoms with van der Waals surface area (Å²) < 4.78 is 52.6. The standard InChI is InChI=1S/C19H16ClF4N5OS/c20-14-9-12(1-3-15(14)21)27-5-7-28(8-6-27)17-10-25-29(18(30)26-17)11-13-2-4-16(31-13)19(22,23)24/h1-4,9-10H,5-8,11H2. The highest BCUT2D eigenvalue weighted by Crippen LogP contribution is 2.34. The minimum atomic E-state index is -4.41. The van der Waals surface area contributed by atoms with Crippen LogP contribution in [-0.2, 0) is 12.7 Å². The molecule has 0 amide bonds. The Labute approximate surface area is 183 Å². The van der Waals surface area contributed by atoms with Crippen molar-refractivity contribution in [3.63, 3.8) is 0 Å². The van der Waals surface area contributed by atoms with E-state index in [2.05, 4.69) is 10.1 Å². The van der Waals surface area contributed by atoms with Crippen LogP contribution in [0.2, 0.25) is 5.02 Å². The average Bonchev–Trinajstić information content (AvgIpc) is 3.21. The molecule has 6 nitrogen and oxygen atoms in total. The normalized spacial score (nSPS) is 14.9. The Morgan fingerprint density at radius 1 is 1.06 bits per heavy atom. The van der Waals surface area contributed by atoms with Crippen molar-refractivity contribution >= 4 is 34.4 Å². The van der Waals surface area contributed by atoms with Crippen molar-refractivity contribution in [2.45, 2.75) is 12.7 Å². The molecular weight excluding hydrogens is 458 g/mol. The molecule has 12 heteroatoms. The van der Waals surface area contributed by atoms with Crippen LogP contribution in [0.1, 0.15) is 9.75 Å². The molecule has 1 aliphatic heterocycles. The van der Waals surface area contributed by atoms with E-state index in [9.17, 15) is 22.4 Å². The molecule has 0 N–H and O–H groups in total. The van der Waals surface area contributed by atoms with Gasteiger partial charge in [-0.15, -0.1) is 11.3 Å². The highest BCUT2D eigenvalue weighted by atomic mass is 35.5. The molecular formula is C19H16ClF4N5OS. The third-order valence-corrected chi connectivity index (χ3v) is 6.27. The molecule has 0 atom stereocenters. The van der Waals surface area contributed by atoms with Gasteiger partial charge in [0.1, 0.15) is 10.7 Å². The van der Waals surface area contributed by atoms with Crippen LogP contribution in [0, 0.1) is 5.82 Å². The quantitative estimate of drug-likeness (QED) is 0.538. The van der Waals surface area contributed by atoms with Gasteiger partial charge in [0.25, 0.3) is 0 Å². The summed E-state index contributed by atoms with van der Waals surface area (Å²) in [6, 6.07) is 6.87. The van der Waals surface area contributed by atoms with Crippen LogP contribution >= 0.6 is 22.9 Å². The molecule has 164 valence electrons. The van der Waals surface area contributed by atoms with Crippen LogP contribution in [0.5, 0.6) is 0 Å². The number of benzene rings is 1. The molecule has 31 heavy (non-hydrogen) atoms. The van der Waals surface area contributed by atoms with E-state index in [1.807, 2.05) is 9.80 Å². The summed E-state index contributed by atoms with van der Waals surface area (Å²) in [7, 11) is 0. The van der Waals surface area contributed by atoms with E-state index in [1.54, 1.807) is 12.1 Å². The van der Waals surface area contributed by atoms with Crippen LogP contribution in [0.25, 0.3) is 0 Å². The van der Waals surface area contributed by atoms with E-state index < -0.39 is 22.6 Å². The third kappa shape index (κ3) is 4.82. The van der Waals surface area contributed by atoms with Gasteiger partial charge in [-0.2, -0.15) is 23.3 Å². The molecule has 0 aliphatic carbocycles. The lowest BCUT2D eigenvalue weighted by molar-refractivity contribution is -0.134. The summed E-state index contributed by atoms with van der Waals surface area (Å²) in [5, 5.41) is 4.13. The Kier molecular flexibility index (Phi) is 5.89. The molecule has 0 saturated carbocycles. The van der Waals surface area contributed by atoms with Crippen molar-refractivity contribution < 1.29 is 17.6 Å². The van der Waals surface area contributed by atoms with Crippen LogP contribution in [0.15, 0.2) is 41.3 Å². The first-order chi connectivity index (χ1) is 14.7. The maximum atomic E-state index is 13.4. The number of hydrogen-bond acceptors (Lipinski definition) is 6. The monoisotopic (exact) mass is 473 g/mol. The minimum absolute atomic E-state index is 0.0579. The molecule has 1 fully saturated rings. The fourth-order valence-corrected chi connectivity index (χ4v) is 4.29. The Bertz CT molecular complexity index is 1140. The zero-order valence-corrected chi connectivity index (χ0v) is 17.5. The predicted octanol–water partition coefficient (Wildman–Crippen LogP) is 3.89. The Morgan fingerprint density at radius 3 is 2.39 bits per heavy atom. The summed E-state index contributed by atoms with van der Waals surface area (Å²) in [6.07, 6.45) is -2.98. The molecule has 1 saturated heterocycles. The highest BCUT2D eigenvalue weighted by Gasteiger charge is 2.32. The maximum Gasteiger partial charge on any atom is 0.425 e. The first kappa shape index (κ1) is 21.6. The second-order valence-corrected chi connectivity index (χ2v) is 8.47. The van der Waals surface area contributed by atoms with Crippen LogP contribution in [-0.4, -0.2) is 40.9 Å². The van der Waals surface area contributed by atoms with Gasteiger partial charge in [-0.3, -0.25) is 0 Å². The summed E-state index contributed by atoms with van der Waals surface area (Å²) in [5.74, 6) is -0.0720. The lowest BCUT2D eigenvalue weighted by Crippen LogP contribution is -2.47. The molecule has 1 aromatic carbocycles. The Morgan fingerprint density at radius 2 is 1.77 bits per heavy atom. The molecule has 1 aliphatic rings. The van der Waals surface area contributed by atoms with Gasteiger partial charge < -0.3 is 9.80 Å². The fourth-order valence-electron chi connectivity index (χ4n) is 3.25. The third-order valence-electron chi connectivity index (χ3n) is 4.86. The molecule has 2 aromatic heterocycles. The SMILES string of the molecule is O=c1nc(N2CCN(c3ccc(F)c(Cl)c3)CC2)cnn1Cc1ccc(C(F)(F)F)s1. The number of rotatable bonds is 4. The number of nitrogens with zero attached hydrogens (tertiary/aromatic N) is 5. The highest BCUT2D eigenvalue weighted by molar-refractivity contribution is 7.12. The van der Waals surface area contributed by atoms with Crippen LogP contribution in [0.3, 0.4) is 0 Å². The van der Waals surface area contributed by atoms with Crippen LogP contribution in [0.4, 0.5) is 29.1 Å². The summed E-state index contributed by atoms with van der Waals surface area (Å²) in [4.78, 5) is 20.0. The number of thiophene rings is 1. The zero-order valence-electron chi connectivity index (χ0n) is 15.9. The van der Waals surface area contributed by atoms with Gasteiger partial charge in [-0.05, 0) is 30.3 Å². The van der Waals surface area contributed by atoms with Crippen molar-refractivity contribution in [2.75, 3.05) is 36.0 Å². The fraction of sp³-hybridized carbons (Fsp3) is 0.316. The maximum absolute atomic E-state index is 13.4. The zero-order chi connectivity index (χ0) is 22.2. The largest absolute Gasteiger partial charge is 0.425 e. The molecule has 0 bridgehead atoms. The van der Waals surface area contributed by atoms with E-state index in [-0.39, 0.29) is 11.6 Å². The van der Waals surface area contributed by atoms with Gasteiger partial charge in [-0.25, -0.2) is 13.9 Å². The van der Waals surface area contributed by atoms with E-state index >= 15 is 0 Å². The van der Waals surface area contributed by atoms with Gasteiger partial charge in [-0.1, -0.05) is 11.6 Å². The summed E-state index contributed by atoms with van der Waals surface area (Å²) in [5.41, 5.74) is 0.175. The van der Waals surface area contributed by atoms with Crippen LogP contribution < -0.4 is 15.5 Å². The smallest absolute Gasteiger partial charge is 0.368 e. The van der Waals surface area contributed by atoms with Gasteiger partial charge in [0.2, 0.25) is 0 Å². The predicted molar refractivity (Wildman–Crippen MR) is 111 cm³/mol. The lowest BCUT2D eigenvalue weighted by atomic mass is 10.2. The second-order valence-electron chi connectivity index (χ2n) is 6.89. The molecule has 4 rings (SSSR count). The lowest BCUT2D eigenvalue weighted by Gasteiger charge is -2.36. The van der Waals surface area contributed by atoms with Gasteiger partial charge in [0.05, 0.1) is 17.8 Å². The van der Waals surface area contributed by atoms with E-state index in [0.29, 0.717) is 48.2 Å². The first-order valence-electron chi connectivity index (χ1n) is 9.26. The van der Waals surface area contributed by atoms with E-state index in [1.165, 1.54) is 18.3 Å². The minimum Gasteiger partial charge on any atom is -0.368 e. The van der Waals surface area contributed by atoms with Gasteiger partial charge >= 0.3 is 11.9 Å². The number of hydrogen-bond donors (Lipinski definition) is 0. The second kappa shape index (κ2) is 8.46. The molecule has 3 aromatic rings. The number of alkyl halides is 3. The van der Waals surface area contributed by atoms with E-state index in [0.717, 1.165) is 16.4 Å². The van der Waals surface area contributed by atoms with Crippen molar-refractivity contribution in [3.05, 3.63) is 67.6 Å². The molecule has 0 unspecified atom stereocenters. The van der Waals surface area contributed by atoms with Crippen molar-refractivity contribution in [2.24, 2.45) is 0 Å². The number of piperazine rings is 1. The molecule has 0 spiro atoms. The van der Waals surface area contributed by atoms with E-state index in [4.69, 9.17) is 11.6 Å². The summed E-state index contributed by atoms with van der Waals surface area (Å²) >= 11 is 6.42. The molecule has 3 heterocycles. The number of anilines is 2. The number of aromatic nitrogens is 3. The van der Waals surface area contributed by atoms with Crippen molar-refractivity contribution in [1.82, 2.24) is 14.8 Å². The molecule has 0 radical (unpaired) electrons. The topological polar surface area (TPSA) is 54.3 Å². The Balaban J connectivity index is 1.41.